The van der Waals surface area contributed by atoms with Gasteiger partial charge in [-0.05, 0) is 25.8 Å². The molecule has 1 aliphatic heterocycles. The van der Waals surface area contributed by atoms with Crippen molar-refractivity contribution in [3.63, 3.8) is 0 Å². The molecule has 98 valence electrons. The van der Waals surface area contributed by atoms with Crippen LogP contribution in [0.1, 0.15) is 32.1 Å². The first-order valence-electron chi connectivity index (χ1n) is 6.17. The molecule has 0 aromatic rings. The van der Waals surface area contributed by atoms with Gasteiger partial charge in [-0.3, -0.25) is 9.59 Å². The molecule has 1 atom stereocenters. The van der Waals surface area contributed by atoms with Crippen LogP contribution in [0.2, 0.25) is 0 Å². The topological polar surface area (TPSA) is 58.6 Å². The number of hydrogen-bond donors (Lipinski definition) is 1. The average molecular weight is 242 g/mol. The number of methoxy groups -OCH3 is 1. The predicted molar refractivity (Wildman–Crippen MR) is 64.5 cm³/mol. The van der Waals surface area contributed by atoms with Crippen LogP contribution in [0.5, 0.6) is 0 Å². The Bertz CT molecular complexity index is 262. The van der Waals surface area contributed by atoms with E-state index >= 15 is 0 Å². The minimum Gasteiger partial charge on any atom is -0.469 e. The summed E-state index contributed by atoms with van der Waals surface area (Å²) in [6.07, 6.45) is 3.84. The highest BCUT2D eigenvalue weighted by atomic mass is 16.5. The lowest BCUT2D eigenvalue weighted by molar-refractivity contribution is -0.141. The summed E-state index contributed by atoms with van der Waals surface area (Å²) in [5, 5.41) is 3.30. The number of rotatable bonds is 6. The lowest BCUT2D eigenvalue weighted by atomic mass is 10.1. The summed E-state index contributed by atoms with van der Waals surface area (Å²) < 4.78 is 4.55. The van der Waals surface area contributed by atoms with E-state index in [9.17, 15) is 9.59 Å². The number of ether oxygens (including phenoxy) is 1. The molecule has 5 heteroatoms. The van der Waals surface area contributed by atoms with E-state index in [4.69, 9.17) is 0 Å². The van der Waals surface area contributed by atoms with Crippen molar-refractivity contribution in [1.82, 2.24) is 10.2 Å². The molecule has 17 heavy (non-hydrogen) atoms. The van der Waals surface area contributed by atoms with Gasteiger partial charge in [-0.15, -0.1) is 0 Å². The maximum Gasteiger partial charge on any atom is 0.305 e. The van der Waals surface area contributed by atoms with E-state index in [0.29, 0.717) is 31.8 Å². The van der Waals surface area contributed by atoms with Crippen LogP contribution in [0.3, 0.4) is 0 Å². The van der Waals surface area contributed by atoms with Gasteiger partial charge in [0.2, 0.25) is 5.91 Å². The second-order valence-corrected chi connectivity index (χ2v) is 4.49. The molecule has 1 saturated heterocycles. The second kappa shape index (κ2) is 7.27. The summed E-state index contributed by atoms with van der Waals surface area (Å²) in [7, 11) is 3.16. The van der Waals surface area contributed by atoms with Crippen LogP contribution < -0.4 is 5.32 Å². The van der Waals surface area contributed by atoms with Crippen LogP contribution in [-0.4, -0.2) is 50.1 Å². The van der Waals surface area contributed by atoms with Gasteiger partial charge in [-0.2, -0.15) is 0 Å². The monoisotopic (exact) mass is 242 g/mol. The molecule has 1 rings (SSSR count). The van der Waals surface area contributed by atoms with Crippen molar-refractivity contribution < 1.29 is 14.3 Å². The van der Waals surface area contributed by atoms with Gasteiger partial charge >= 0.3 is 5.97 Å². The van der Waals surface area contributed by atoms with Gasteiger partial charge < -0.3 is 15.0 Å². The van der Waals surface area contributed by atoms with Crippen molar-refractivity contribution >= 4 is 11.9 Å². The van der Waals surface area contributed by atoms with E-state index in [2.05, 4.69) is 10.1 Å². The van der Waals surface area contributed by atoms with Gasteiger partial charge in [0.15, 0.2) is 0 Å². The highest BCUT2D eigenvalue weighted by molar-refractivity contribution is 5.76. The molecule has 0 aromatic carbocycles. The number of nitrogens with one attached hydrogen (secondary N) is 1. The standard InChI is InChI=1S/C12H22N2O3/c1-14(8-4-6-12(16)17-2)11(15)9-10-5-3-7-13-10/h10,13H,3-9H2,1-2H3. The van der Waals surface area contributed by atoms with Gasteiger partial charge in [0.25, 0.3) is 0 Å². The van der Waals surface area contributed by atoms with E-state index in [-0.39, 0.29) is 11.9 Å². The normalized spacial score (nSPS) is 19.1. The first-order chi connectivity index (χ1) is 8.13. The number of nitrogens with zero attached hydrogens (tertiary/aromatic N) is 1. The van der Waals surface area contributed by atoms with Crippen LogP contribution in [0.15, 0.2) is 0 Å². The van der Waals surface area contributed by atoms with Crippen molar-refractivity contribution in [3.05, 3.63) is 0 Å². The molecular weight excluding hydrogens is 220 g/mol. The van der Waals surface area contributed by atoms with Crippen LogP contribution in [-0.2, 0) is 14.3 Å². The minimum atomic E-state index is -0.219. The van der Waals surface area contributed by atoms with E-state index in [1.807, 2.05) is 0 Å². The number of carbonyl (C=O) groups is 2. The van der Waals surface area contributed by atoms with Crippen molar-refractivity contribution in [2.24, 2.45) is 0 Å². The van der Waals surface area contributed by atoms with E-state index in [0.717, 1.165) is 19.4 Å². The van der Waals surface area contributed by atoms with Gasteiger partial charge in [0.1, 0.15) is 0 Å². The molecule has 0 bridgehead atoms. The number of amides is 1. The highest BCUT2D eigenvalue weighted by Crippen LogP contribution is 2.10. The van der Waals surface area contributed by atoms with Crippen molar-refractivity contribution in [2.75, 3.05) is 27.2 Å². The average Bonchev–Trinajstić information content (AvgIpc) is 2.81. The smallest absolute Gasteiger partial charge is 0.305 e. The fourth-order valence-electron chi connectivity index (χ4n) is 1.98. The lowest BCUT2D eigenvalue weighted by Gasteiger charge is -2.19. The van der Waals surface area contributed by atoms with Crippen molar-refractivity contribution in [1.29, 1.82) is 0 Å². The molecule has 0 aliphatic carbocycles. The first-order valence-corrected chi connectivity index (χ1v) is 6.17. The Labute approximate surface area is 102 Å². The van der Waals surface area contributed by atoms with E-state index in [1.54, 1.807) is 11.9 Å². The molecule has 1 N–H and O–H groups in total. The number of esters is 1. The summed E-state index contributed by atoms with van der Waals surface area (Å²) in [6.45, 7) is 1.63. The SMILES string of the molecule is COC(=O)CCCN(C)C(=O)CC1CCCN1. The molecular formula is C12H22N2O3. The third-order valence-corrected chi connectivity index (χ3v) is 3.11. The first kappa shape index (κ1) is 14.0. The Kier molecular flexibility index (Phi) is 5.97. The number of carbonyl (C=O) groups excluding carboxylic acids is 2. The summed E-state index contributed by atoms with van der Waals surface area (Å²) in [4.78, 5) is 24.4. The van der Waals surface area contributed by atoms with Crippen molar-refractivity contribution in [2.45, 2.75) is 38.1 Å². The Morgan fingerprint density at radius 3 is 2.82 bits per heavy atom. The maximum atomic E-state index is 11.8. The summed E-state index contributed by atoms with van der Waals surface area (Å²) in [5.74, 6) is -0.0717. The molecule has 5 nitrogen and oxygen atoms in total. The third kappa shape index (κ3) is 5.17. The zero-order valence-electron chi connectivity index (χ0n) is 10.7. The summed E-state index contributed by atoms with van der Waals surface area (Å²) >= 11 is 0. The predicted octanol–water partition coefficient (Wildman–Crippen LogP) is 0.540. The van der Waals surface area contributed by atoms with Gasteiger partial charge in [-0.25, -0.2) is 0 Å². The van der Waals surface area contributed by atoms with Gasteiger partial charge in [0.05, 0.1) is 7.11 Å². The minimum absolute atomic E-state index is 0.147. The maximum absolute atomic E-state index is 11.8. The molecule has 1 amide bonds. The Hall–Kier alpha value is -1.10. The lowest BCUT2D eigenvalue weighted by Crippen LogP contribution is -2.34. The zero-order chi connectivity index (χ0) is 12.7. The molecule has 1 unspecified atom stereocenters. The fourth-order valence-corrected chi connectivity index (χ4v) is 1.98. The number of hydrogen-bond acceptors (Lipinski definition) is 4. The molecule has 0 spiro atoms. The zero-order valence-corrected chi connectivity index (χ0v) is 10.7. The summed E-state index contributed by atoms with van der Waals surface area (Å²) in [5.41, 5.74) is 0. The van der Waals surface area contributed by atoms with Gasteiger partial charge in [0, 0.05) is 32.5 Å². The second-order valence-electron chi connectivity index (χ2n) is 4.49. The fraction of sp³-hybridized carbons (Fsp3) is 0.833. The Balaban J connectivity index is 2.15. The molecule has 0 saturated carbocycles. The summed E-state index contributed by atoms with van der Waals surface area (Å²) in [6, 6.07) is 0.338. The Morgan fingerprint density at radius 1 is 1.47 bits per heavy atom. The highest BCUT2D eigenvalue weighted by Gasteiger charge is 2.19. The van der Waals surface area contributed by atoms with Crippen molar-refractivity contribution in [3.8, 4) is 0 Å². The Morgan fingerprint density at radius 2 is 2.24 bits per heavy atom. The largest absolute Gasteiger partial charge is 0.469 e. The molecule has 1 fully saturated rings. The van der Waals surface area contributed by atoms with Crippen LogP contribution in [0, 0.1) is 0 Å². The van der Waals surface area contributed by atoms with E-state index in [1.165, 1.54) is 7.11 Å². The molecule has 1 heterocycles. The van der Waals surface area contributed by atoms with Crippen LogP contribution >= 0.6 is 0 Å². The molecule has 0 radical (unpaired) electrons. The quantitative estimate of drug-likeness (QED) is 0.691. The van der Waals surface area contributed by atoms with Crippen LogP contribution in [0.4, 0.5) is 0 Å². The van der Waals surface area contributed by atoms with Crippen LogP contribution in [0.25, 0.3) is 0 Å². The van der Waals surface area contributed by atoms with E-state index < -0.39 is 0 Å². The van der Waals surface area contributed by atoms with Gasteiger partial charge in [-0.1, -0.05) is 0 Å². The third-order valence-electron chi connectivity index (χ3n) is 3.11. The molecule has 1 aliphatic rings. The molecule has 0 aromatic heterocycles.